The number of carbonyl (C=O) groups is 2. The molecule has 0 bridgehead atoms. The molecule has 37 heavy (non-hydrogen) atoms. The van der Waals surface area contributed by atoms with Crippen molar-refractivity contribution in [3.63, 3.8) is 0 Å². The lowest BCUT2D eigenvalue weighted by Crippen LogP contribution is -2.52. The molecular weight excluding hydrogens is 510 g/mol. The standard InChI is InChI=1S/C28H32ClN3O4S/c1-4-30-28(34)22(3)31(18-17-23-11-7-5-8-12-23)27(33)20-32(24-16-15-21(2)26(29)19-24)37(35,36)25-13-9-6-10-14-25/h5-16,19,22H,4,17-18,20H2,1-3H3,(H,30,34)/t22-/m0/s1. The highest BCUT2D eigenvalue weighted by Crippen LogP contribution is 2.28. The van der Waals surface area contributed by atoms with Crippen molar-refractivity contribution in [3.05, 3.63) is 95.0 Å². The van der Waals surface area contributed by atoms with Gasteiger partial charge < -0.3 is 10.2 Å². The molecule has 3 rings (SSSR count). The summed E-state index contributed by atoms with van der Waals surface area (Å²) < 4.78 is 28.5. The van der Waals surface area contributed by atoms with Gasteiger partial charge in [0.25, 0.3) is 10.0 Å². The minimum atomic E-state index is -4.11. The van der Waals surface area contributed by atoms with Crippen LogP contribution in [0.15, 0.2) is 83.8 Å². The minimum absolute atomic E-state index is 0.0482. The van der Waals surface area contributed by atoms with E-state index in [1.165, 1.54) is 23.1 Å². The second-order valence-corrected chi connectivity index (χ2v) is 10.9. The number of aryl methyl sites for hydroxylation is 1. The minimum Gasteiger partial charge on any atom is -0.355 e. The predicted molar refractivity (Wildman–Crippen MR) is 147 cm³/mol. The van der Waals surface area contributed by atoms with Crippen LogP contribution in [0.5, 0.6) is 0 Å². The van der Waals surface area contributed by atoms with Crippen LogP contribution in [0.1, 0.15) is 25.0 Å². The lowest BCUT2D eigenvalue weighted by atomic mass is 10.1. The number of anilines is 1. The van der Waals surface area contributed by atoms with E-state index in [1.54, 1.807) is 44.2 Å². The number of benzene rings is 3. The van der Waals surface area contributed by atoms with Gasteiger partial charge in [0.05, 0.1) is 10.6 Å². The third-order valence-corrected chi connectivity index (χ3v) is 8.25. The fraction of sp³-hybridized carbons (Fsp3) is 0.286. The number of hydrogen-bond donors (Lipinski definition) is 1. The van der Waals surface area contributed by atoms with E-state index >= 15 is 0 Å². The van der Waals surface area contributed by atoms with Crippen LogP contribution in [-0.4, -0.2) is 50.8 Å². The van der Waals surface area contributed by atoms with Crippen LogP contribution in [0.2, 0.25) is 5.02 Å². The normalized spacial score (nSPS) is 12.0. The molecule has 0 aliphatic carbocycles. The molecule has 0 aliphatic heterocycles. The van der Waals surface area contributed by atoms with Crippen molar-refractivity contribution in [2.75, 3.05) is 23.9 Å². The Bertz CT molecular complexity index is 1320. The van der Waals surface area contributed by atoms with Crippen LogP contribution in [0.3, 0.4) is 0 Å². The van der Waals surface area contributed by atoms with Crippen LogP contribution >= 0.6 is 11.6 Å². The molecule has 0 aliphatic rings. The molecular formula is C28H32ClN3O4S. The maximum atomic E-state index is 13.7. The Morgan fingerprint density at radius 2 is 1.59 bits per heavy atom. The molecule has 0 saturated carbocycles. The molecule has 1 atom stereocenters. The van der Waals surface area contributed by atoms with E-state index in [2.05, 4.69) is 5.32 Å². The summed E-state index contributed by atoms with van der Waals surface area (Å²) in [6, 6.07) is 21.6. The molecule has 3 aromatic carbocycles. The Kier molecular flexibility index (Phi) is 9.72. The third kappa shape index (κ3) is 7.11. The molecule has 0 aromatic heterocycles. The smallest absolute Gasteiger partial charge is 0.264 e. The van der Waals surface area contributed by atoms with Crippen molar-refractivity contribution in [2.24, 2.45) is 0 Å². The van der Waals surface area contributed by atoms with E-state index in [1.807, 2.05) is 37.3 Å². The van der Waals surface area contributed by atoms with Gasteiger partial charge in [-0.3, -0.25) is 13.9 Å². The Hall–Kier alpha value is -3.36. The van der Waals surface area contributed by atoms with Crippen molar-refractivity contribution in [1.29, 1.82) is 0 Å². The second-order valence-electron chi connectivity index (χ2n) is 8.65. The summed E-state index contributed by atoms with van der Waals surface area (Å²) >= 11 is 6.33. The molecule has 2 amide bonds. The quantitative estimate of drug-likeness (QED) is 0.389. The first-order valence-electron chi connectivity index (χ1n) is 12.1. The van der Waals surface area contributed by atoms with Gasteiger partial charge in [0.15, 0.2) is 0 Å². The van der Waals surface area contributed by atoms with E-state index in [0.717, 1.165) is 15.4 Å². The Labute approximate surface area is 224 Å². The number of likely N-dealkylation sites (N-methyl/N-ethyl adjacent to an activating group) is 1. The second kappa shape index (κ2) is 12.7. The van der Waals surface area contributed by atoms with E-state index in [9.17, 15) is 18.0 Å². The monoisotopic (exact) mass is 541 g/mol. The highest BCUT2D eigenvalue weighted by Gasteiger charge is 2.32. The zero-order valence-corrected chi connectivity index (χ0v) is 22.8. The first-order valence-corrected chi connectivity index (χ1v) is 13.9. The van der Waals surface area contributed by atoms with Crippen molar-refractivity contribution in [3.8, 4) is 0 Å². The maximum absolute atomic E-state index is 13.7. The van der Waals surface area contributed by atoms with E-state index in [-0.39, 0.29) is 23.0 Å². The van der Waals surface area contributed by atoms with E-state index in [4.69, 9.17) is 11.6 Å². The van der Waals surface area contributed by atoms with Gasteiger partial charge in [-0.15, -0.1) is 0 Å². The molecule has 9 heteroatoms. The van der Waals surface area contributed by atoms with E-state index in [0.29, 0.717) is 18.0 Å². The van der Waals surface area contributed by atoms with Crippen molar-refractivity contribution in [1.82, 2.24) is 10.2 Å². The molecule has 196 valence electrons. The maximum Gasteiger partial charge on any atom is 0.264 e. The van der Waals surface area contributed by atoms with Crippen molar-refractivity contribution in [2.45, 2.75) is 38.1 Å². The lowest BCUT2D eigenvalue weighted by molar-refractivity contribution is -0.138. The third-order valence-electron chi connectivity index (χ3n) is 6.06. The topological polar surface area (TPSA) is 86.8 Å². The average molecular weight is 542 g/mol. The Morgan fingerprint density at radius 1 is 0.973 bits per heavy atom. The van der Waals surface area contributed by atoms with Gasteiger partial charge in [-0.25, -0.2) is 8.42 Å². The SMILES string of the molecule is CCNC(=O)[C@H](C)N(CCc1ccccc1)C(=O)CN(c1ccc(C)c(Cl)c1)S(=O)(=O)c1ccccc1. The number of amides is 2. The Balaban J connectivity index is 1.98. The molecule has 0 fully saturated rings. The average Bonchev–Trinajstić information content (AvgIpc) is 2.90. The van der Waals surface area contributed by atoms with Gasteiger partial charge in [-0.2, -0.15) is 0 Å². The molecule has 0 spiro atoms. The molecule has 0 unspecified atom stereocenters. The van der Waals surface area contributed by atoms with Crippen molar-refractivity contribution < 1.29 is 18.0 Å². The van der Waals surface area contributed by atoms with Gasteiger partial charge in [-0.05, 0) is 62.6 Å². The summed E-state index contributed by atoms with van der Waals surface area (Å²) in [5, 5.41) is 3.14. The van der Waals surface area contributed by atoms with Gasteiger partial charge in [0.2, 0.25) is 11.8 Å². The van der Waals surface area contributed by atoms with Gasteiger partial charge in [0.1, 0.15) is 12.6 Å². The largest absolute Gasteiger partial charge is 0.355 e. The van der Waals surface area contributed by atoms with Gasteiger partial charge in [0, 0.05) is 18.1 Å². The van der Waals surface area contributed by atoms with Crippen LogP contribution in [-0.2, 0) is 26.0 Å². The highest BCUT2D eigenvalue weighted by atomic mass is 35.5. The predicted octanol–water partition coefficient (Wildman–Crippen LogP) is 4.44. The number of rotatable bonds is 11. The fourth-order valence-electron chi connectivity index (χ4n) is 3.88. The molecule has 3 aromatic rings. The zero-order chi connectivity index (χ0) is 27.0. The summed E-state index contributed by atoms with van der Waals surface area (Å²) in [4.78, 5) is 27.9. The summed E-state index contributed by atoms with van der Waals surface area (Å²) in [6.07, 6.45) is 0.512. The first-order chi connectivity index (χ1) is 17.6. The zero-order valence-electron chi connectivity index (χ0n) is 21.2. The van der Waals surface area contributed by atoms with Crippen LogP contribution < -0.4 is 9.62 Å². The number of halogens is 1. The van der Waals surface area contributed by atoms with Gasteiger partial charge >= 0.3 is 0 Å². The highest BCUT2D eigenvalue weighted by molar-refractivity contribution is 7.92. The molecule has 7 nitrogen and oxygen atoms in total. The summed E-state index contributed by atoms with van der Waals surface area (Å²) in [6.45, 7) is 5.43. The molecule has 0 radical (unpaired) electrons. The summed E-state index contributed by atoms with van der Waals surface area (Å²) in [5.74, 6) is -0.800. The van der Waals surface area contributed by atoms with Crippen LogP contribution in [0.4, 0.5) is 5.69 Å². The van der Waals surface area contributed by atoms with E-state index < -0.39 is 28.5 Å². The van der Waals surface area contributed by atoms with Crippen LogP contribution in [0, 0.1) is 6.92 Å². The van der Waals surface area contributed by atoms with Crippen molar-refractivity contribution >= 4 is 39.1 Å². The number of nitrogens with one attached hydrogen (secondary N) is 1. The number of hydrogen-bond acceptors (Lipinski definition) is 4. The fourth-order valence-corrected chi connectivity index (χ4v) is 5.48. The molecule has 1 N–H and O–H groups in total. The summed E-state index contributed by atoms with van der Waals surface area (Å²) in [5.41, 5.74) is 2.05. The summed E-state index contributed by atoms with van der Waals surface area (Å²) in [7, 11) is -4.11. The van der Waals surface area contributed by atoms with Crippen LogP contribution in [0.25, 0.3) is 0 Å². The lowest BCUT2D eigenvalue weighted by Gasteiger charge is -2.32. The molecule has 0 saturated heterocycles. The molecule has 0 heterocycles. The number of carbonyl (C=O) groups excluding carboxylic acids is 2. The number of sulfonamides is 1. The number of nitrogens with zero attached hydrogens (tertiary/aromatic N) is 2. The first kappa shape index (κ1) is 28.2. The Morgan fingerprint density at radius 3 is 2.19 bits per heavy atom. The van der Waals surface area contributed by atoms with Gasteiger partial charge in [-0.1, -0.05) is 66.2 Å².